The van der Waals surface area contributed by atoms with Crippen molar-refractivity contribution in [1.82, 2.24) is 10.2 Å². The molecule has 0 saturated carbocycles. The van der Waals surface area contributed by atoms with Gasteiger partial charge in [0.1, 0.15) is 11.9 Å². The molecule has 0 bridgehead atoms. The van der Waals surface area contributed by atoms with Crippen molar-refractivity contribution in [3.8, 4) is 0 Å². The van der Waals surface area contributed by atoms with E-state index in [2.05, 4.69) is 5.32 Å². The monoisotopic (exact) mass is 525 g/mol. The molecule has 0 radical (unpaired) electrons. The fourth-order valence-electron chi connectivity index (χ4n) is 3.49. The van der Waals surface area contributed by atoms with E-state index < -0.39 is 21.9 Å². The van der Waals surface area contributed by atoms with Crippen LogP contribution < -0.4 is 9.62 Å². The molecular formula is C25H33ClFN3O4S. The standard InChI is InChI=1S/C25H33ClFN3O4S/c1-5-18(2)28-25(32)19(3)29(17-20-10-6-7-13-23(20)27)24(31)14-9-15-30(35(4,33)34)22-12-8-11-21(26)16-22/h6-8,10-13,16,18-19H,5,9,14-15,17H2,1-4H3,(H,28,32)/t18-,19-/m0/s1. The second kappa shape index (κ2) is 12.9. The molecule has 0 spiro atoms. The first-order valence-corrected chi connectivity index (χ1v) is 13.7. The van der Waals surface area contributed by atoms with Crippen LogP contribution in [0.3, 0.4) is 0 Å². The zero-order valence-corrected chi connectivity index (χ0v) is 22.1. The summed E-state index contributed by atoms with van der Waals surface area (Å²) in [5.41, 5.74) is 0.692. The molecule has 0 unspecified atom stereocenters. The maximum atomic E-state index is 14.3. The first-order valence-electron chi connectivity index (χ1n) is 11.5. The van der Waals surface area contributed by atoms with Crippen LogP contribution in [0.5, 0.6) is 0 Å². The summed E-state index contributed by atoms with van der Waals surface area (Å²) < 4.78 is 40.2. The summed E-state index contributed by atoms with van der Waals surface area (Å²) in [6, 6.07) is 11.6. The van der Waals surface area contributed by atoms with E-state index in [9.17, 15) is 22.4 Å². The number of carbonyl (C=O) groups excluding carboxylic acids is 2. The van der Waals surface area contributed by atoms with E-state index >= 15 is 0 Å². The average molecular weight is 526 g/mol. The van der Waals surface area contributed by atoms with Crippen molar-refractivity contribution in [2.24, 2.45) is 0 Å². The molecule has 0 aromatic heterocycles. The van der Waals surface area contributed by atoms with Crippen molar-refractivity contribution in [3.05, 3.63) is 64.9 Å². The fraction of sp³-hybridized carbons (Fsp3) is 0.440. The molecule has 1 N–H and O–H groups in total. The van der Waals surface area contributed by atoms with Gasteiger partial charge in [0.15, 0.2) is 0 Å². The number of hydrogen-bond donors (Lipinski definition) is 1. The molecule has 2 atom stereocenters. The molecule has 0 heterocycles. The summed E-state index contributed by atoms with van der Waals surface area (Å²) in [7, 11) is -3.62. The number of hydrogen-bond acceptors (Lipinski definition) is 4. The lowest BCUT2D eigenvalue weighted by Gasteiger charge is -2.30. The smallest absolute Gasteiger partial charge is 0.242 e. The first-order chi connectivity index (χ1) is 16.4. The normalized spacial score (nSPS) is 13.1. The summed E-state index contributed by atoms with van der Waals surface area (Å²) >= 11 is 6.01. The molecule has 10 heteroatoms. The maximum absolute atomic E-state index is 14.3. The van der Waals surface area contributed by atoms with Gasteiger partial charge < -0.3 is 10.2 Å². The highest BCUT2D eigenvalue weighted by Crippen LogP contribution is 2.23. The van der Waals surface area contributed by atoms with E-state index in [-0.39, 0.29) is 43.8 Å². The summed E-state index contributed by atoms with van der Waals surface area (Å²) in [5.74, 6) is -1.18. The zero-order valence-electron chi connectivity index (χ0n) is 20.5. The van der Waals surface area contributed by atoms with E-state index in [1.807, 2.05) is 13.8 Å². The van der Waals surface area contributed by atoms with Crippen molar-refractivity contribution in [2.45, 2.75) is 58.7 Å². The Hall–Kier alpha value is -2.65. The molecule has 0 aliphatic heterocycles. The highest BCUT2D eigenvalue weighted by Gasteiger charge is 2.28. The van der Waals surface area contributed by atoms with E-state index in [4.69, 9.17) is 11.6 Å². The van der Waals surface area contributed by atoms with Crippen molar-refractivity contribution in [3.63, 3.8) is 0 Å². The van der Waals surface area contributed by atoms with E-state index in [1.165, 1.54) is 21.3 Å². The lowest BCUT2D eigenvalue weighted by Crippen LogP contribution is -2.49. The van der Waals surface area contributed by atoms with Crippen LogP contribution in [0.1, 0.15) is 45.6 Å². The number of halogens is 2. The predicted octanol–water partition coefficient (Wildman–Crippen LogP) is 4.36. The maximum Gasteiger partial charge on any atom is 0.242 e. The van der Waals surface area contributed by atoms with Gasteiger partial charge >= 0.3 is 0 Å². The van der Waals surface area contributed by atoms with E-state index in [0.29, 0.717) is 16.3 Å². The Morgan fingerprint density at radius 2 is 1.80 bits per heavy atom. The van der Waals surface area contributed by atoms with Gasteiger partial charge in [-0.05, 0) is 51.0 Å². The SMILES string of the molecule is CC[C@H](C)NC(=O)[C@H](C)N(Cc1ccccc1F)C(=O)CCCN(c1cccc(Cl)c1)S(C)(=O)=O. The number of carbonyl (C=O) groups is 2. The third-order valence-corrected chi connectivity index (χ3v) is 7.14. The molecule has 0 fully saturated rings. The molecule has 2 amide bonds. The lowest BCUT2D eigenvalue weighted by molar-refractivity contribution is -0.141. The van der Waals surface area contributed by atoms with Crippen LogP contribution in [-0.4, -0.2) is 50.0 Å². The Balaban J connectivity index is 2.19. The van der Waals surface area contributed by atoms with E-state index in [0.717, 1.165) is 12.7 Å². The third-order valence-electron chi connectivity index (χ3n) is 5.72. The topological polar surface area (TPSA) is 86.8 Å². The van der Waals surface area contributed by atoms with Crippen LogP contribution in [0.4, 0.5) is 10.1 Å². The summed E-state index contributed by atoms with van der Waals surface area (Å²) in [5, 5.41) is 3.25. The van der Waals surface area contributed by atoms with Gasteiger partial charge in [-0.3, -0.25) is 13.9 Å². The van der Waals surface area contributed by atoms with Crippen LogP contribution in [0, 0.1) is 5.82 Å². The summed E-state index contributed by atoms with van der Waals surface area (Å²) in [6.07, 6.45) is 1.99. The number of nitrogens with zero attached hydrogens (tertiary/aromatic N) is 2. The predicted molar refractivity (Wildman–Crippen MR) is 137 cm³/mol. The second-order valence-electron chi connectivity index (χ2n) is 8.53. The molecule has 2 aromatic carbocycles. The van der Waals surface area contributed by atoms with Gasteiger partial charge in [0.05, 0.1) is 11.9 Å². The minimum Gasteiger partial charge on any atom is -0.352 e. The van der Waals surface area contributed by atoms with E-state index in [1.54, 1.807) is 43.3 Å². The molecule has 35 heavy (non-hydrogen) atoms. The Morgan fingerprint density at radius 1 is 1.11 bits per heavy atom. The van der Waals surface area contributed by atoms with Crippen LogP contribution in [0.15, 0.2) is 48.5 Å². The Kier molecular flexibility index (Phi) is 10.5. The Bertz CT molecular complexity index is 1130. The molecule has 0 aliphatic rings. The molecule has 192 valence electrons. The molecule has 7 nitrogen and oxygen atoms in total. The summed E-state index contributed by atoms with van der Waals surface area (Å²) in [4.78, 5) is 27.3. The number of benzene rings is 2. The third kappa shape index (κ3) is 8.50. The van der Waals surface area contributed by atoms with Crippen molar-refractivity contribution < 1.29 is 22.4 Å². The fourth-order valence-corrected chi connectivity index (χ4v) is 4.64. The molecule has 0 aliphatic carbocycles. The quantitative estimate of drug-likeness (QED) is 0.446. The Labute approximate surface area is 212 Å². The van der Waals surface area contributed by atoms with Gasteiger partial charge in [0.25, 0.3) is 0 Å². The lowest BCUT2D eigenvalue weighted by atomic mass is 10.1. The number of rotatable bonds is 12. The van der Waals surface area contributed by atoms with Crippen LogP contribution in [0.2, 0.25) is 5.02 Å². The van der Waals surface area contributed by atoms with Gasteiger partial charge in [-0.15, -0.1) is 0 Å². The van der Waals surface area contributed by atoms with Gasteiger partial charge in [-0.25, -0.2) is 12.8 Å². The van der Waals surface area contributed by atoms with Crippen LogP contribution >= 0.6 is 11.6 Å². The van der Waals surface area contributed by atoms with Crippen molar-refractivity contribution >= 4 is 39.1 Å². The van der Waals surface area contributed by atoms with Crippen LogP contribution in [0.25, 0.3) is 0 Å². The minimum absolute atomic E-state index is 0.0258. The number of nitrogens with one attached hydrogen (secondary N) is 1. The molecule has 2 aromatic rings. The van der Waals surface area contributed by atoms with Gasteiger partial charge in [0, 0.05) is 36.1 Å². The number of amides is 2. The highest BCUT2D eigenvalue weighted by molar-refractivity contribution is 7.92. The zero-order chi connectivity index (χ0) is 26.2. The molecule has 0 saturated heterocycles. The highest BCUT2D eigenvalue weighted by atomic mass is 35.5. The Morgan fingerprint density at radius 3 is 2.40 bits per heavy atom. The van der Waals surface area contributed by atoms with Gasteiger partial charge in [-0.1, -0.05) is 42.8 Å². The average Bonchev–Trinajstić information content (AvgIpc) is 2.79. The largest absolute Gasteiger partial charge is 0.352 e. The second-order valence-corrected chi connectivity index (χ2v) is 10.9. The molecule has 2 rings (SSSR count). The first kappa shape index (κ1) is 28.6. The minimum atomic E-state index is -3.62. The summed E-state index contributed by atoms with van der Waals surface area (Å²) in [6.45, 7) is 5.37. The number of sulfonamides is 1. The van der Waals surface area contributed by atoms with Gasteiger partial charge in [0.2, 0.25) is 21.8 Å². The van der Waals surface area contributed by atoms with Gasteiger partial charge in [-0.2, -0.15) is 0 Å². The van der Waals surface area contributed by atoms with Crippen molar-refractivity contribution in [2.75, 3.05) is 17.1 Å². The van der Waals surface area contributed by atoms with Crippen molar-refractivity contribution in [1.29, 1.82) is 0 Å². The molecular weight excluding hydrogens is 493 g/mol. The van der Waals surface area contributed by atoms with Crippen LogP contribution in [-0.2, 0) is 26.2 Å². The number of anilines is 1.